The zero-order chi connectivity index (χ0) is 25.4. The molecule has 2 aromatic carbocycles. The van der Waals surface area contributed by atoms with Crippen molar-refractivity contribution in [3.63, 3.8) is 0 Å². The van der Waals surface area contributed by atoms with Gasteiger partial charge in [-0.2, -0.15) is 0 Å². The van der Waals surface area contributed by atoms with Gasteiger partial charge in [-0.1, -0.05) is 71.0 Å². The van der Waals surface area contributed by atoms with Crippen molar-refractivity contribution in [1.82, 2.24) is 0 Å². The first-order chi connectivity index (χ1) is 16.7. The number of hydrogen-bond donors (Lipinski definition) is 2. The largest absolute Gasteiger partial charge is 0.481 e. The molecule has 4 nitrogen and oxygen atoms in total. The minimum absolute atomic E-state index is 0.0246. The lowest BCUT2D eigenvalue weighted by molar-refractivity contribution is -0.137. The number of nitrogens with zero attached hydrogens (tertiary/aromatic N) is 1. The van der Waals surface area contributed by atoms with Gasteiger partial charge in [0.25, 0.3) is 0 Å². The molecule has 0 unspecified atom stereocenters. The Morgan fingerprint density at radius 1 is 1.03 bits per heavy atom. The molecule has 0 spiro atoms. The third-order valence-corrected chi connectivity index (χ3v) is 7.20. The molecule has 1 aliphatic carbocycles. The molecular weight excluding hydrogens is 456 g/mol. The maximum atomic E-state index is 11.8. The molecule has 0 radical (unpaired) electrons. The van der Waals surface area contributed by atoms with Crippen LogP contribution in [0.15, 0.2) is 42.5 Å². The molecule has 1 atom stereocenters. The van der Waals surface area contributed by atoms with Gasteiger partial charge in [-0.3, -0.25) is 4.79 Å². The normalized spacial score (nSPS) is 15.1. The highest BCUT2D eigenvalue weighted by molar-refractivity contribution is 6.30. The van der Waals surface area contributed by atoms with Gasteiger partial charge in [0.1, 0.15) is 0 Å². The van der Waals surface area contributed by atoms with Crippen LogP contribution in [0.2, 0.25) is 5.02 Å². The van der Waals surface area contributed by atoms with E-state index in [1.165, 1.54) is 25.7 Å². The van der Waals surface area contributed by atoms with Crippen LogP contribution in [0, 0.1) is 17.8 Å². The third kappa shape index (κ3) is 8.75. The molecule has 5 heteroatoms. The summed E-state index contributed by atoms with van der Waals surface area (Å²) in [5.41, 5.74) is 4.28. The summed E-state index contributed by atoms with van der Waals surface area (Å²) in [4.78, 5) is 14.2. The lowest BCUT2D eigenvalue weighted by Crippen LogP contribution is -2.31. The maximum Gasteiger partial charge on any atom is 0.303 e. The Hall–Kier alpha value is -2.20. The van der Waals surface area contributed by atoms with Gasteiger partial charge < -0.3 is 15.3 Å². The van der Waals surface area contributed by atoms with Crippen LogP contribution in [0.3, 0.4) is 0 Å². The van der Waals surface area contributed by atoms with Gasteiger partial charge in [-0.15, -0.1) is 0 Å². The van der Waals surface area contributed by atoms with E-state index in [0.717, 1.165) is 54.5 Å². The summed E-state index contributed by atoms with van der Waals surface area (Å²) >= 11 is 6.12. The second-order valence-corrected chi connectivity index (χ2v) is 11.6. The molecule has 0 saturated heterocycles. The first-order valence-corrected chi connectivity index (χ1v) is 13.7. The van der Waals surface area contributed by atoms with E-state index in [1.807, 2.05) is 24.3 Å². The van der Waals surface area contributed by atoms with Crippen LogP contribution >= 0.6 is 11.6 Å². The van der Waals surface area contributed by atoms with Crippen LogP contribution in [-0.4, -0.2) is 24.2 Å². The third-order valence-electron chi connectivity index (χ3n) is 6.95. The molecule has 0 aromatic heterocycles. The summed E-state index contributed by atoms with van der Waals surface area (Å²) in [7, 11) is 0. The van der Waals surface area contributed by atoms with Crippen molar-refractivity contribution in [2.24, 2.45) is 17.8 Å². The van der Waals surface area contributed by atoms with E-state index in [9.17, 15) is 9.90 Å². The quantitative estimate of drug-likeness (QED) is 0.290. The van der Waals surface area contributed by atoms with Crippen molar-refractivity contribution in [3.05, 3.63) is 53.1 Å². The fourth-order valence-electron chi connectivity index (χ4n) is 5.36. The lowest BCUT2D eigenvalue weighted by Gasteiger charge is -2.31. The molecule has 0 aliphatic heterocycles. The Labute approximate surface area is 217 Å². The van der Waals surface area contributed by atoms with Crippen molar-refractivity contribution in [2.45, 2.75) is 78.6 Å². The number of rotatable bonds is 13. The number of aliphatic carboxylic acids is 1. The van der Waals surface area contributed by atoms with Crippen molar-refractivity contribution < 1.29 is 9.90 Å². The summed E-state index contributed by atoms with van der Waals surface area (Å²) in [5, 5.41) is 14.0. The number of carboxylic acid groups (broad SMARTS) is 1. The SMILES string of the molecule is CC(C)CN(CC(C)C)c1ccc([C@@H](CCC2CCCC2)CC(=O)O)cc1Nc1ccc(Cl)cc1. The number of benzene rings is 2. The fourth-order valence-corrected chi connectivity index (χ4v) is 5.48. The van der Waals surface area contributed by atoms with E-state index in [-0.39, 0.29) is 12.3 Å². The minimum Gasteiger partial charge on any atom is -0.481 e. The second kappa shape index (κ2) is 13.2. The van der Waals surface area contributed by atoms with Crippen LogP contribution < -0.4 is 10.2 Å². The van der Waals surface area contributed by atoms with E-state index in [0.29, 0.717) is 16.9 Å². The summed E-state index contributed by atoms with van der Waals surface area (Å²) in [6, 6.07) is 14.3. The molecule has 1 aliphatic rings. The summed E-state index contributed by atoms with van der Waals surface area (Å²) < 4.78 is 0. The van der Waals surface area contributed by atoms with Gasteiger partial charge in [0.05, 0.1) is 17.8 Å². The molecule has 35 heavy (non-hydrogen) atoms. The number of hydrogen-bond acceptors (Lipinski definition) is 3. The average Bonchev–Trinajstić information content (AvgIpc) is 3.30. The van der Waals surface area contributed by atoms with Crippen LogP contribution in [0.1, 0.15) is 84.1 Å². The zero-order valence-corrected chi connectivity index (χ0v) is 22.7. The van der Waals surface area contributed by atoms with E-state index in [4.69, 9.17) is 11.6 Å². The monoisotopic (exact) mass is 498 g/mol. The van der Waals surface area contributed by atoms with Gasteiger partial charge in [-0.25, -0.2) is 0 Å². The van der Waals surface area contributed by atoms with Crippen LogP contribution in [0.25, 0.3) is 0 Å². The average molecular weight is 499 g/mol. The fraction of sp³-hybridized carbons (Fsp3) is 0.567. The van der Waals surface area contributed by atoms with Gasteiger partial charge in [-0.05, 0) is 78.5 Å². The van der Waals surface area contributed by atoms with Crippen molar-refractivity contribution in [1.29, 1.82) is 0 Å². The Bertz CT molecular complexity index is 926. The summed E-state index contributed by atoms with van der Waals surface area (Å²) in [5.74, 6) is 1.12. The van der Waals surface area contributed by atoms with E-state index in [2.05, 4.69) is 56.1 Å². The molecule has 1 fully saturated rings. The summed E-state index contributed by atoms with van der Waals surface area (Å²) in [6.07, 6.45) is 7.45. The van der Waals surface area contributed by atoms with Crippen molar-refractivity contribution in [3.8, 4) is 0 Å². The highest BCUT2D eigenvalue weighted by atomic mass is 35.5. The molecule has 192 valence electrons. The zero-order valence-electron chi connectivity index (χ0n) is 21.9. The van der Waals surface area contributed by atoms with E-state index >= 15 is 0 Å². The second-order valence-electron chi connectivity index (χ2n) is 11.1. The molecular formula is C30H43ClN2O2. The topological polar surface area (TPSA) is 52.6 Å². The first kappa shape index (κ1) is 27.4. The maximum absolute atomic E-state index is 11.8. The van der Waals surface area contributed by atoms with Gasteiger partial charge >= 0.3 is 5.97 Å². The molecule has 2 aromatic rings. The number of carboxylic acids is 1. The Balaban J connectivity index is 1.96. The predicted molar refractivity (Wildman–Crippen MR) is 149 cm³/mol. The number of halogens is 1. The summed E-state index contributed by atoms with van der Waals surface area (Å²) in [6.45, 7) is 10.9. The van der Waals surface area contributed by atoms with Crippen LogP contribution in [0.4, 0.5) is 17.1 Å². The van der Waals surface area contributed by atoms with Gasteiger partial charge in [0.15, 0.2) is 0 Å². The van der Waals surface area contributed by atoms with E-state index < -0.39 is 5.97 Å². The first-order valence-electron chi connectivity index (χ1n) is 13.3. The molecule has 0 amide bonds. The molecule has 0 bridgehead atoms. The lowest BCUT2D eigenvalue weighted by atomic mass is 9.87. The highest BCUT2D eigenvalue weighted by Crippen LogP contribution is 2.38. The van der Waals surface area contributed by atoms with Gasteiger partial charge in [0.2, 0.25) is 0 Å². The minimum atomic E-state index is -0.723. The molecule has 0 heterocycles. The molecule has 2 N–H and O–H groups in total. The van der Waals surface area contributed by atoms with Crippen molar-refractivity contribution in [2.75, 3.05) is 23.3 Å². The van der Waals surface area contributed by atoms with Crippen molar-refractivity contribution >= 4 is 34.6 Å². The van der Waals surface area contributed by atoms with Crippen LogP contribution in [0.5, 0.6) is 0 Å². The number of carbonyl (C=O) groups is 1. The Morgan fingerprint density at radius 2 is 1.66 bits per heavy atom. The number of anilines is 3. The highest BCUT2D eigenvalue weighted by Gasteiger charge is 2.23. The van der Waals surface area contributed by atoms with Crippen LogP contribution in [-0.2, 0) is 4.79 Å². The van der Waals surface area contributed by atoms with E-state index in [1.54, 1.807) is 0 Å². The number of nitrogens with one attached hydrogen (secondary N) is 1. The molecule has 3 rings (SSSR count). The Kier molecular flexibility index (Phi) is 10.3. The predicted octanol–water partition coefficient (Wildman–Crippen LogP) is 8.73. The Morgan fingerprint density at radius 3 is 2.23 bits per heavy atom. The van der Waals surface area contributed by atoms with Gasteiger partial charge in [0, 0.05) is 23.8 Å². The smallest absolute Gasteiger partial charge is 0.303 e. The molecule has 1 saturated carbocycles. The standard InChI is InChI=1S/C30H43ClN2O2/c1-21(2)19-33(20-22(3)4)29-16-11-24(17-28(29)32-27-14-12-26(31)13-15-27)25(18-30(34)35)10-9-23-7-5-6-8-23/h11-17,21-23,25,32H,5-10,18-20H2,1-4H3,(H,34,35)/t25-/m0/s1.